The number of carbonyl (C=O) groups excluding carboxylic acids is 1. The summed E-state index contributed by atoms with van der Waals surface area (Å²) in [6, 6.07) is 15.6. The average molecular weight is 302 g/mol. The van der Waals surface area contributed by atoms with Crippen LogP contribution in [0.3, 0.4) is 0 Å². The second-order valence-electron chi connectivity index (χ2n) is 5.44. The molecule has 0 fully saturated rings. The van der Waals surface area contributed by atoms with Crippen LogP contribution in [0.1, 0.15) is 34.5 Å². The van der Waals surface area contributed by atoms with Gasteiger partial charge in [-0.1, -0.05) is 47.5 Å². The molecule has 2 nitrogen and oxygen atoms in total. The summed E-state index contributed by atoms with van der Waals surface area (Å²) in [7, 11) is 1.96. The molecule has 2 aromatic carbocycles. The van der Waals surface area contributed by atoms with Gasteiger partial charge in [-0.3, -0.25) is 9.69 Å². The molecular formula is C18H20ClNO. The molecule has 3 heteroatoms. The van der Waals surface area contributed by atoms with Gasteiger partial charge < -0.3 is 0 Å². The molecule has 0 aliphatic rings. The van der Waals surface area contributed by atoms with E-state index in [0.29, 0.717) is 6.54 Å². The first-order chi connectivity index (χ1) is 9.97. The minimum Gasteiger partial charge on any atom is -0.293 e. The molecule has 0 bridgehead atoms. The number of hydrogen-bond donors (Lipinski definition) is 0. The Morgan fingerprint density at radius 3 is 2.57 bits per heavy atom. The summed E-state index contributed by atoms with van der Waals surface area (Å²) in [5.74, 6) is 0.134. The molecule has 0 heterocycles. The molecule has 0 aromatic heterocycles. The van der Waals surface area contributed by atoms with Gasteiger partial charge in [-0.05, 0) is 44.7 Å². The van der Waals surface area contributed by atoms with Crippen LogP contribution in [0.5, 0.6) is 0 Å². The predicted octanol–water partition coefficient (Wildman–Crippen LogP) is 4.52. The SMILES string of the molecule is Cc1cccc(C(=O)CN(C)C(C)c2cccc(Cl)c2)c1. The maximum Gasteiger partial charge on any atom is 0.176 e. The van der Waals surface area contributed by atoms with E-state index in [4.69, 9.17) is 11.6 Å². The molecule has 0 aliphatic heterocycles. The van der Waals surface area contributed by atoms with Crippen LogP contribution in [0.15, 0.2) is 48.5 Å². The number of hydrogen-bond acceptors (Lipinski definition) is 2. The lowest BCUT2D eigenvalue weighted by molar-refractivity contribution is 0.0924. The van der Waals surface area contributed by atoms with E-state index >= 15 is 0 Å². The maximum atomic E-state index is 12.3. The molecule has 2 aromatic rings. The van der Waals surface area contributed by atoms with Crippen LogP contribution < -0.4 is 0 Å². The van der Waals surface area contributed by atoms with Gasteiger partial charge in [-0.15, -0.1) is 0 Å². The lowest BCUT2D eigenvalue weighted by atomic mass is 10.0. The third kappa shape index (κ3) is 4.16. The van der Waals surface area contributed by atoms with Gasteiger partial charge >= 0.3 is 0 Å². The molecule has 0 aliphatic carbocycles. The van der Waals surface area contributed by atoms with Crippen molar-refractivity contribution in [3.05, 3.63) is 70.2 Å². The van der Waals surface area contributed by atoms with Crippen molar-refractivity contribution in [1.29, 1.82) is 0 Å². The number of carbonyl (C=O) groups is 1. The fraction of sp³-hybridized carbons (Fsp3) is 0.278. The number of nitrogens with zero attached hydrogens (tertiary/aromatic N) is 1. The van der Waals surface area contributed by atoms with Crippen LogP contribution in [0.4, 0.5) is 0 Å². The van der Waals surface area contributed by atoms with Gasteiger partial charge in [-0.25, -0.2) is 0 Å². The summed E-state index contributed by atoms with van der Waals surface area (Å²) in [4.78, 5) is 14.4. The first kappa shape index (κ1) is 15.7. The van der Waals surface area contributed by atoms with Crippen molar-refractivity contribution in [2.75, 3.05) is 13.6 Å². The highest BCUT2D eigenvalue weighted by molar-refractivity contribution is 6.30. The monoisotopic (exact) mass is 301 g/mol. The van der Waals surface area contributed by atoms with Crippen LogP contribution in [-0.2, 0) is 0 Å². The van der Waals surface area contributed by atoms with E-state index in [-0.39, 0.29) is 11.8 Å². The number of aryl methyl sites for hydroxylation is 1. The highest BCUT2D eigenvalue weighted by Crippen LogP contribution is 2.22. The quantitative estimate of drug-likeness (QED) is 0.757. The van der Waals surface area contributed by atoms with Crippen molar-refractivity contribution < 1.29 is 4.79 Å². The number of benzene rings is 2. The average Bonchev–Trinajstić information content (AvgIpc) is 2.46. The number of Topliss-reactive ketones (excluding diaryl/α,β-unsaturated/α-hetero) is 1. The Balaban J connectivity index is 2.07. The Morgan fingerprint density at radius 2 is 1.90 bits per heavy atom. The summed E-state index contributed by atoms with van der Waals surface area (Å²) in [5.41, 5.74) is 2.98. The van der Waals surface area contributed by atoms with E-state index in [9.17, 15) is 4.79 Å². The summed E-state index contributed by atoms with van der Waals surface area (Å²) in [6.07, 6.45) is 0. The van der Waals surface area contributed by atoms with E-state index in [1.807, 2.05) is 67.4 Å². The van der Waals surface area contributed by atoms with Crippen molar-refractivity contribution in [3.8, 4) is 0 Å². The fourth-order valence-corrected chi connectivity index (χ4v) is 2.49. The lowest BCUT2D eigenvalue weighted by Gasteiger charge is -2.24. The van der Waals surface area contributed by atoms with E-state index in [0.717, 1.165) is 21.7 Å². The third-order valence-corrected chi connectivity index (χ3v) is 3.96. The Labute approximate surface area is 131 Å². The van der Waals surface area contributed by atoms with E-state index in [1.54, 1.807) is 0 Å². The standard InChI is InChI=1S/C18H20ClNO/c1-13-6-4-8-16(10-13)18(21)12-20(3)14(2)15-7-5-9-17(19)11-15/h4-11,14H,12H2,1-3H3. The molecule has 0 saturated carbocycles. The van der Waals surface area contributed by atoms with Gasteiger partial charge in [-0.2, -0.15) is 0 Å². The number of likely N-dealkylation sites (N-methyl/N-ethyl adjacent to an activating group) is 1. The third-order valence-electron chi connectivity index (χ3n) is 3.73. The molecule has 0 spiro atoms. The smallest absolute Gasteiger partial charge is 0.176 e. The molecule has 0 N–H and O–H groups in total. The Kier molecular flexibility index (Phi) is 5.16. The Morgan fingerprint density at radius 1 is 1.19 bits per heavy atom. The van der Waals surface area contributed by atoms with Crippen LogP contribution >= 0.6 is 11.6 Å². The van der Waals surface area contributed by atoms with Crippen molar-refractivity contribution in [2.45, 2.75) is 19.9 Å². The van der Waals surface area contributed by atoms with Crippen molar-refractivity contribution in [2.24, 2.45) is 0 Å². The summed E-state index contributed by atoms with van der Waals surface area (Å²) in [6.45, 7) is 4.46. The summed E-state index contributed by atoms with van der Waals surface area (Å²) >= 11 is 6.03. The molecule has 1 unspecified atom stereocenters. The largest absolute Gasteiger partial charge is 0.293 e. The molecule has 0 saturated heterocycles. The first-order valence-corrected chi connectivity index (χ1v) is 7.41. The van der Waals surface area contributed by atoms with Gasteiger partial charge in [0.2, 0.25) is 0 Å². The number of halogens is 1. The minimum atomic E-state index is 0.134. The molecule has 0 radical (unpaired) electrons. The molecule has 21 heavy (non-hydrogen) atoms. The van der Waals surface area contributed by atoms with Gasteiger partial charge in [0, 0.05) is 16.6 Å². The Bertz CT molecular complexity index is 639. The van der Waals surface area contributed by atoms with Gasteiger partial charge in [0.1, 0.15) is 0 Å². The second-order valence-corrected chi connectivity index (χ2v) is 5.88. The van der Waals surface area contributed by atoms with Crippen LogP contribution in [-0.4, -0.2) is 24.3 Å². The zero-order valence-corrected chi connectivity index (χ0v) is 13.4. The lowest BCUT2D eigenvalue weighted by Crippen LogP contribution is -2.28. The van der Waals surface area contributed by atoms with Crippen molar-refractivity contribution in [3.63, 3.8) is 0 Å². The normalized spacial score (nSPS) is 12.4. The molecule has 0 amide bonds. The summed E-state index contributed by atoms with van der Waals surface area (Å²) < 4.78 is 0. The van der Waals surface area contributed by atoms with E-state index in [2.05, 4.69) is 6.92 Å². The number of ketones is 1. The van der Waals surface area contributed by atoms with Crippen LogP contribution in [0.2, 0.25) is 5.02 Å². The highest BCUT2D eigenvalue weighted by Gasteiger charge is 2.16. The zero-order valence-electron chi connectivity index (χ0n) is 12.6. The molecule has 2 rings (SSSR count). The summed E-state index contributed by atoms with van der Waals surface area (Å²) in [5, 5.41) is 0.720. The van der Waals surface area contributed by atoms with Gasteiger partial charge in [0.15, 0.2) is 5.78 Å². The number of rotatable bonds is 5. The highest BCUT2D eigenvalue weighted by atomic mass is 35.5. The second kappa shape index (κ2) is 6.88. The molecule has 1 atom stereocenters. The first-order valence-electron chi connectivity index (χ1n) is 7.03. The minimum absolute atomic E-state index is 0.134. The van der Waals surface area contributed by atoms with Crippen molar-refractivity contribution >= 4 is 17.4 Å². The topological polar surface area (TPSA) is 20.3 Å². The van der Waals surface area contributed by atoms with Crippen LogP contribution in [0, 0.1) is 6.92 Å². The maximum absolute atomic E-state index is 12.3. The van der Waals surface area contributed by atoms with Gasteiger partial charge in [0.25, 0.3) is 0 Å². The fourth-order valence-electron chi connectivity index (χ4n) is 2.29. The Hall–Kier alpha value is -1.64. The zero-order chi connectivity index (χ0) is 15.4. The van der Waals surface area contributed by atoms with Gasteiger partial charge in [0.05, 0.1) is 6.54 Å². The molecular weight excluding hydrogens is 282 g/mol. The van der Waals surface area contributed by atoms with E-state index in [1.165, 1.54) is 0 Å². The molecule has 110 valence electrons. The van der Waals surface area contributed by atoms with E-state index < -0.39 is 0 Å². The van der Waals surface area contributed by atoms with Crippen LogP contribution in [0.25, 0.3) is 0 Å². The van der Waals surface area contributed by atoms with Crippen molar-refractivity contribution in [1.82, 2.24) is 4.90 Å². The predicted molar refractivity (Wildman–Crippen MR) is 88.0 cm³/mol.